The van der Waals surface area contributed by atoms with Gasteiger partial charge in [-0.3, -0.25) is 10.1 Å². The van der Waals surface area contributed by atoms with Gasteiger partial charge in [-0.05, 0) is 30.5 Å². The molecule has 3 nitrogen and oxygen atoms in total. The van der Waals surface area contributed by atoms with Gasteiger partial charge in [0.15, 0.2) is 0 Å². The zero-order valence-corrected chi connectivity index (χ0v) is 10.2. The van der Waals surface area contributed by atoms with Gasteiger partial charge in [-0.25, -0.2) is 0 Å². The van der Waals surface area contributed by atoms with Crippen molar-refractivity contribution >= 4 is 17.7 Å². The summed E-state index contributed by atoms with van der Waals surface area (Å²) in [6, 6.07) is 5.74. The van der Waals surface area contributed by atoms with Crippen LogP contribution >= 0.6 is 11.8 Å². The van der Waals surface area contributed by atoms with E-state index in [1.54, 1.807) is 11.8 Å². The second-order valence-electron chi connectivity index (χ2n) is 4.08. The van der Waals surface area contributed by atoms with Gasteiger partial charge in [-0.2, -0.15) is 0 Å². The molecule has 0 aromatic heterocycles. The number of carboxylic acid groups (broad SMARTS) is 1. The predicted octanol–water partition coefficient (Wildman–Crippen LogP) is 2.09. The van der Waals surface area contributed by atoms with Crippen LogP contribution in [0.25, 0.3) is 0 Å². The molecule has 0 radical (unpaired) electrons. The zero-order chi connectivity index (χ0) is 11.7. The Morgan fingerprint density at radius 2 is 2.06 bits per heavy atom. The van der Waals surface area contributed by atoms with Gasteiger partial charge in [0.1, 0.15) is 6.04 Å². The highest BCUT2D eigenvalue weighted by Gasteiger charge is 2.31. The predicted molar refractivity (Wildman–Crippen MR) is 65.7 cm³/mol. The summed E-state index contributed by atoms with van der Waals surface area (Å²) < 4.78 is 0. The molecule has 86 valence electrons. The molecule has 4 heteroatoms. The highest BCUT2D eigenvalue weighted by molar-refractivity contribution is 7.99. The first kappa shape index (κ1) is 11.5. The van der Waals surface area contributed by atoms with E-state index in [0.29, 0.717) is 5.75 Å². The third kappa shape index (κ3) is 2.08. The standard InChI is InChI=1S/C12H15NO2S/c1-7-4-3-5-8(2)10(7)11-13-9(6-16-11)12(14)15/h3-5,9,11,13H,6H2,1-2H3,(H,14,15)/t9-,11?/m1/s1. The van der Waals surface area contributed by atoms with Gasteiger partial charge in [0, 0.05) is 5.75 Å². The van der Waals surface area contributed by atoms with Crippen molar-refractivity contribution in [3.8, 4) is 0 Å². The quantitative estimate of drug-likeness (QED) is 0.827. The molecule has 1 unspecified atom stereocenters. The minimum absolute atomic E-state index is 0.113. The molecule has 1 aromatic rings. The highest BCUT2D eigenvalue weighted by atomic mass is 32.2. The fourth-order valence-corrected chi connectivity index (χ4v) is 3.44. The van der Waals surface area contributed by atoms with Crippen LogP contribution in [0.3, 0.4) is 0 Å². The van der Waals surface area contributed by atoms with Crippen LogP contribution in [-0.4, -0.2) is 22.9 Å². The van der Waals surface area contributed by atoms with Crippen molar-refractivity contribution in [2.45, 2.75) is 25.3 Å². The second kappa shape index (κ2) is 4.47. The summed E-state index contributed by atoms with van der Waals surface area (Å²) in [5.74, 6) is -0.130. The summed E-state index contributed by atoms with van der Waals surface area (Å²) >= 11 is 1.67. The lowest BCUT2D eigenvalue weighted by molar-refractivity contribution is -0.138. The lowest BCUT2D eigenvalue weighted by Gasteiger charge is -2.16. The molecule has 1 heterocycles. The van der Waals surface area contributed by atoms with E-state index >= 15 is 0 Å². The van der Waals surface area contributed by atoms with Gasteiger partial charge >= 0.3 is 5.97 Å². The lowest BCUT2D eigenvalue weighted by Crippen LogP contribution is -2.34. The Bertz CT molecular complexity index is 399. The molecule has 1 aromatic carbocycles. The van der Waals surface area contributed by atoms with Gasteiger partial charge in [0.25, 0.3) is 0 Å². The van der Waals surface area contributed by atoms with Crippen molar-refractivity contribution < 1.29 is 9.90 Å². The number of thioether (sulfide) groups is 1. The molecular weight excluding hydrogens is 222 g/mol. The van der Waals surface area contributed by atoms with Crippen molar-refractivity contribution in [2.24, 2.45) is 0 Å². The van der Waals surface area contributed by atoms with E-state index in [0.717, 1.165) is 0 Å². The SMILES string of the molecule is Cc1cccc(C)c1C1N[C@@H](C(=O)O)CS1. The Kier molecular flexibility index (Phi) is 3.21. The molecule has 0 spiro atoms. The number of carbonyl (C=O) groups is 1. The van der Waals surface area contributed by atoms with Crippen LogP contribution in [0.15, 0.2) is 18.2 Å². The summed E-state index contributed by atoms with van der Waals surface area (Å²) in [5, 5.41) is 12.2. The molecular formula is C12H15NO2S. The fourth-order valence-electron chi connectivity index (χ4n) is 2.02. The van der Waals surface area contributed by atoms with Crippen LogP contribution in [0.4, 0.5) is 0 Å². The summed E-state index contributed by atoms with van der Waals surface area (Å²) in [5.41, 5.74) is 3.67. The topological polar surface area (TPSA) is 49.3 Å². The first-order valence-electron chi connectivity index (χ1n) is 5.26. The smallest absolute Gasteiger partial charge is 0.321 e. The van der Waals surface area contributed by atoms with Gasteiger partial charge in [0.2, 0.25) is 0 Å². The maximum Gasteiger partial charge on any atom is 0.321 e. The maximum absolute atomic E-state index is 10.9. The molecule has 1 aliphatic rings. The number of carboxylic acids is 1. The third-order valence-electron chi connectivity index (χ3n) is 2.88. The van der Waals surface area contributed by atoms with Crippen LogP contribution in [-0.2, 0) is 4.79 Å². The van der Waals surface area contributed by atoms with Crippen molar-refractivity contribution in [2.75, 3.05) is 5.75 Å². The van der Waals surface area contributed by atoms with E-state index in [9.17, 15) is 4.79 Å². The van der Waals surface area contributed by atoms with E-state index in [-0.39, 0.29) is 5.37 Å². The minimum atomic E-state index is -0.763. The molecule has 0 amide bonds. The molecule has 2 rings (SSSR count). The van der Waals surface area contributed by atoms with Gasteiger partial charge in [0.05, 0.1) is 5.37 Å². The number of aliphatic carboxylic acids is 1. The summed E-state index contributed by atoms with van der Waals surface area (Å²) in [4.78, 5) is 10.9. The van der Waals surface area contributed by atoms with E-state index in [2.05, 4.69) is 31.3 Å². The average molecular weight is 237 g/mol. The summed E-state index contributed by atoms with van der Waals surface area (Å²) in [6.45, 7) is 4.14. The summed E-state index contributed by atoms with van der Waals surface area (Å²) in [6.07, 6.45) is 0. The highest BCUT2D eigenvalue weighted by Crippen LogP contribution is 2.36. The van der Waals surface area contributed by atoms with Crippen LogP contribution in [0, 0.1) is 13.8 Å². The van der Waals surface area contributed by atoms with Crippen LogP contribution in [0.1, 0.15) is 22.1 Å². The largest absolute Gasteiger partial charge is 0.480 e. The third-order valence-corrected chi connectivity index (χ3v) is 4.12. The van der Waals surface area contributed by atoms with Crippen molar-refractivity contribution in [3.63, 3.8) is 0 Å². The molecule has 0 aliphatic carbocycles. The van der Waals surface area contributed by atoms with Crippen molar-refractivity contribution in [3.05, 3.63) is 34.9 Å². The van der Waals surface area contributed by atoms with E-state index < -0.39 is 12.0 Å². The van der Waals surface area contributed by atoms with Crippen molar-refractivity contribution in [1.29, 1.82) is 0 Å². The van der Waals surface area contributed by atoms with Crippen LogP contribution in [0.5, 0.6) is 0 Å². The lowest BCUT2D eigenvalue weighted by atomic mass is 10.0. The monoisotopic (exact) mass is 237 g/mol. The number of hydrogen-bond donors (Lipinski definition) is 2. The number of nitrogens with one attached hydrogen (secondary N) is 1. The van der Waals surface area contributed by atoms with Gasteiger partial charge in [-0.1, -0.05) is 18.2 Å². The number of hydrogen-bond acceptors (Lipinski definition) is 3. The Morgan fingerprint density at radius 1 is 1.44 bits per heavy atom. The van der Waals surface area contributed by atoms with Crippen LogP contribution in [0.2, 0.25) is 0 Å². The molecule has 16 heavy (non-hydrogen) atoms. The molecule has 2 N–H and O–H groups in total. The number of aryl methyl sites for hydroxylation is 2. The Hall–Kier alpha value is -1.00. The second-order valence-corrected chi connectivity index (χ2v) is 5.21. The molecule has 1 aliphatic heterocycles. The van der Waals surface area contributed by atoms with E-state index in [1.807, 2.05) is 6.07 Å². The first-order chi connectivity index (χ1) is 7.59. The maximum atomic E-state index is 10.9. The molecule has 0 bridgehead atoms. The van der Waals surface area contributed by atoms with Gasteiger partial charge in [-0.15, -0.1) is 11.8 Å². The normalized spacial score (nSPS) is 24.6. The molecule has 1 saturated heterocycles. The molecule has 0 saturated carbocycles. The number of rotatable bonds is 2. The summed E-state index contributed by atoms with van der Waals surface area (Å²) in [7, 11) is 0. The van der Waals surface area contributed by atoms with Crippen molar-refractivity contribution in [1.82, 2.24) is 5.32 Å². The first-order valence-corrected chi connectivity index (χ1v) is 6.31. The Balaban J connectivity index is 2.24. The Labute approximate surface area is 99.2 Å². The van der Waals surface area contributed by atoms with Gasteiger partial charge < -0.3 is 5.11 Å². The van der Waals surface area contributed by atoms with E-state index in [1.165, 1.54) is 16.7 Å². The Morgan fingerprint density at radius 3 is 2.56 bits per heavy atom. The molecule has 2 atom stereocenters. The fraction of sp³-hybridized carbons (Fsp3) is 0.417. The minimum Gasteiger partial charge on any atom is -0.480 e. The average Bonchev–Trinajstić information content (AvgIpc) is 2.66. The van der Waals surface area contributed by atoms with Crippen LogP contribution < -0.4 is 5.32 Å². The van der Waals surface area contributed by atoms with E-state index in [4.69, 9.17) is 5.11 Å². The molecule has 1 fully saturated rings. The number of benzene rings is 1. The zero-order valence-electron chi connectivity index (χ0n) is 9.36.